The van der Waals surface area contributed by atoms with Crippen LogP contribution in [0.15, 0.2) is 14.8 Å². The number of carbonyl (C=O) groups is 1. The molecule has 0 bridgehead atoms. The lowest BCUT2D eigenvalue weighted by Gasteiger charge is -2.20. The zero-order valence-electron chi connectivity index (χ0n) is 14.6. The molecule has 1 aromatic heterocycles. The summed E-state index contributed by atoms with van der Waals surface area (Å²) < 4.78 is 10.9. The van der Waals surface area contributed by atoms with Gasteiger partial charge in [-0.1, -0.05) is 12.1 Å². The van der Waals surface area contributed by atoms with E-state index in [4.69, 9.17) is 15.7 Å². The number of amides is 1. The molecule has 2 aliphatic rings. The molecule has 1 amide bonds. The number of carbonyl (C=O) groups excluding carboxylic acids is 1. The van der Waals surface area contributed by atoms with Crippen molar-refractivity contribution in [3.05, 3.63) is 17.0 Å². The number of terminal acetylenes is 1. The molecule has 1 saturated heterocycles. The van der Waals surface area contributed by atoms with Crippen LogP contribution in [0.5, 0.6) is 0 Å². The van der Waals surface area contributed by atoms with Crippen LogP contribution in [0.4, 0.5) is 0 Å². The lowest BCUT2D eigenvalue weighted by Crippen LogP contribution is -2.30. The van der Waals surface area contributed by atoms with Crippen LogP contribution in [-0.4, -0.2) is 36.5 Å². The van der Waals surface area contributed by atoms with E-state index in [0.717, 1.165) is 31.6 Å². The second kappa shape index (κ2) is 7.79. The van der Waals surface area contributed by atoms with Crippen molar-refractivity contribution in [3.8, 4) is 12.3 Å². The van der Waals surface area contributed by atoms with Crippen LogP contribution in [0.3, 0.4) is 0 Å². The number of nitrogens with one attached hydrogen (secondary N) is 1. The third-order valence-electron chi connectivity index (χ3n) is 4.75. The fraction of sp³-hybridized carbons (Fsp3) is 0.667. The predicted octanol–water partition coefficient (Wildman–Crippen LogP) is 2.83. The first kappa shape index (κ1) is 17.6. The van der Waals surface area contributed by atoms with Gasteiger partial charge in [0.15, 0.2) is 5.66 Å². The van der Waals surface area contributed by atoms with E-state index in [1.807, 2.05) is 6.92 Å². The summed E-state index contributed by atoms with van der Waals surface area (Å²) in [5, 5.41) is 15.3. The highest BCUT2D eigenvalue weighted by Gasteiger charge is 2.39. The molecule has 7 nitrogen and oxygen atoms in total. The summed E-state index contributed by atoms with van der Waals surface area (Å²) in [6, 6.07) is 0. The molecule has 1 atom stereocenters. The van der Waals surface area contributed by atoms with Gasteiger partial charge in [-0.2, -0.15) is 10.2 Å². The molecule has 1 aromatic rings. The van der Waals surface area contributed by atoms with Gasteiger partial charge in [-0.25, -0.2) is 0 Å². The molecule has 1 fully saturated rings. The van der Waals surface area contributed by atoms with Crippen LogP contribution in [0, 0.1) is 12.3 Å². The summed E-state index contributed by atoms with van der Waals surface area (Å²) >= 11 is 0. The van der Waals surface area contributed by atoms with Crippen molar-refractivity contribution in [1.29, 1.82) is 0 Å². The zero-order valence-corrected chi connectivity index (χ0v) is 14.6. The molecule has 3 heterocycles. The van der Waals surface area contributed by atoms with E-state index in [0.29, 0.717) is 43.7 Å². The molecule has 25 heavy (non-hydrogen) atoms. The number of ether oxygens (including phenoxy) is 1. The number of aromatic nitrogens is 1. The molecule has 0 radical (unpaired) electrons. The van der Waals surface area contributed by atoms with E-state index in [-0.39, 0.29) is 17.5 Å². The Labute approximate surface area is 147 Å². The minimum absolute atomic E-state index is 0.119. The molecule has 0 aliphatic carbocycles. The lowest BCUT2D eigenvalue weighted by molar-refractivity contribution is 0.0776. The summed E-state index contributed by atoms with van der Waals surface area (Å²) in [5.74, 6) is 3.20. The highest BCUT2D eigenvalue weighted by molar-refractivity contribution is 5.96. The first-order valence-corrected chi connectivity index (χ1v) is 8.91. The molecule has 7 heteroatoms. The molecule has 2 aliphatic heterocycles. The van der Waals surface area contributed by atoms with Gasteiger partial charge >= 0.3 is 0 Å². The fourth-order valence-corrected chi connectivity index (χ4v) is 3.19. The number of rotatable bonds is 8. The molecule has 0 aromatic carbocycles. The van der Waals surface area contributed by atoms with Crippen molar-refractivity contribution in [2.75, 3.05) is 19.8 Å². The van der Waals surface area contributed by atoms with Crippen LogP contribution in [-0.2, 0) is 11.2 Å². The Morgan fingerprint density at radius 2 is 2.28 bits per heavy atom. The van der Waals surface area contributed by atoms with E-state index < -0.39 is 0 Å². The summed E-state index contributed by atoms with van der Waals surface area (Å²) in [4.78, 5) is 12.7. The minimum Gasteiger partial charge on any atom is -0.381 e. The van der Waals surface area contributed by atoms with E-state index in [9.17, 15) is 4.79 Å². The van der Waals surface area contributed by atoms with Gasteiger partial charge in [0.1, 0.15) is 17.0 Å². The quantitative estimate of drug-likeness (QED) is 0.734. The third kappa shape index (κ3) is 4.07. The normalized spacial score (nSPS) is 20.9. The molecular formula is C18H24N4O3. The van der Waals surface area contributed by atoms with Crippen molar-refractivity contribution in [3.63, 3.8) is 0 Å². The van der Waals surface area contributed by atoms with Crippen LogP contribution in [0.25, 0.3) is 0 Å². The predicted molar refractivity (Wildman–Crippen MR) is 91.3 cm³/mol. The first-order chi connectivity index (χ1) is 12.2. The maximum absolute atomic E-state index is 12.7. The summed E-state index contributed by atoms with van der Waals surface area (Å²) in [5.41, 5.74) is 0.902. The Balaban J connectivity index is 1.61. The zero-order chi connectivity index (χ0) is 17.7. The molecule has 0 spiro atoms. The number of hydrogen-bond donors (Lipinski definition) is 1. The molecule has 3 rings (SSSR count). The number of hydrogen-bond acceptors (Lipinski definition) is 6. The molecule has 1 N–H and O–H groups in total. The molecule has 134 valence electrons. The largest absolute Gasteiger partial charge is 0.381 e. The van der Waals surface area contributed by atoms with Crippen molar-refractivity contribution < 1.29 is 14.1 Å². The Morgan fingerprint density at radius 3 is 2.92 bits per heavy atom. The summed E-state index contributed by atoms with van der Waals surface area (Å²) in [6.07, 6.45) is 9.89. The monoisotopic (exact) mass is 344 g/mol. The summed E-state index contributed by atoms with van der Waals surface area (Å²) in [6.45, 7) is 3.80. The SMILES string of the molecule is C#CCCC1(CCNC(=O)c2c(C3CCCOC3)noc2CC)N=N1. The smallest absolute Gasteiger partial charge is 0.256 e. The van der Waals surface area contributed by atoms with E-state index >= 15 is 0 Å². The van der Waals surface area contributed by atoms with Crippen LogP contribution in [0.2, 0.25) is 0 Å². The second-order valence-corrected chi connectivity index (χ2v) is 6.53. The number of aryl methyl sites for hydroxylation is 1. The van der Waals surface area contributed by atoms with Crippen LogP contribution in [0.1, 0.15) is 66.8 Å². The maximum atomic E-state index is 12.7. The standard InChI is InChI=1S/C18H24N4O3/c1-3-5-8-18(21-22-18)9-10-19-17(23)15-14(4-2)25-20-16(15)13-7-6-11-24-12-13/h1,13H,4-12H2,2H3,(H,19,23). The minimum atomic E-state index is -0.387. The van der Waals surface area contributed by atoms with Gasteiger partial charge in [0, 0.05) is 44.8 Å². The third-order valence-corrected chi connectivity index (χ3v) is 4.75. The van der Waals surface area contributed by atoms with E-state index in [1.54, 1.807) is 0 Å². The summed E-state index contributed by atoms with van der Waals surface area (Å²) in [7, 11) is 0. The topological polar surface area (TPSA) is 89.1 Å². The van der Waals surface area contributed by atoms with Crippen molar-refractivity contribution in [1.82, 2.24) is 10.5 Å². The Bertz CT molecular complexity index is 677. The van der Waals surface area contributed by atoms with Gasteiger partial charge in [0.2, 0.25) is 0 Å². The highest BCUT2D eigenvalue weighted by Crippen LogP contribution is 2.36. The Morgan fingerprint density at radius 1 is 1.44 bits per heavy atom. The van der Waals surface area contributed by atoms with Gasteiger partial charge in [0.05, 0.1) is 6.61 Å². The lowest BCUT2D eigenvalue weighted by atomic mass is 9.94. The highest BCUT2D eigenvalue weighted by atomic mass is 16.5. The van der Waals surface area contributed by atoms with E-state index in [2.05, 4.69) is 26.6 Å². The molecule has 1 unspecified atom stereocenters. The van der Waals surface area contributed by atoms with Crippen molar-refractivity contribution >= 4 is 5.91 Å². The van der Waals surface area contributed by atoms with Crippen LogP contribution >= 0.6 is 0 Å². The Kier molecular flexibility index (Phi) is 5.49. The molecular weight excluding hydrogens is 320 g/mol. The van der Waals surface area contributed by atoms with Crippen molar-refractivity contribution in [2.24, 2.45) is 10.2 Å². The first-order valence-electron chi connectivity index (χ1n) is 8.91. The number of nitrogens with zero attached hydrogens (tertiary/aromatic N) is 3. The van der Waals surface area contributed by atoms with Gasteiger partial charge < -0.3 is 14.6 Å². The van der Waals surface area contributed by atoms with Crippen LogP contribution < -0.4 is 5.32 Å². The second-order valence-electron chi connectivity index (χ2n) is 6.53. The van der Waals surface area contributed by atoms with Gasteiger partial charge in [-0.05, 0) is 12.8 Å². The van der Waals surface area contributed by atoms with Gasteiger partial charge in [0.25, 0.3) is 5.91 Å². The maximum Gasteiger partial charge on any atom is 0.256 e. The average Bonchev–Trinajstić information content (AvgIpc) is 3.28. The van der Waals surface area contributed by atoms with Crippen molar-refractivity contribution in [2.45, 2.75) is 57.0 Å². The molecule has 0 saturated carbocycles. The average molecular weight is 344 g/mol. The fourth-order valence-electron chi connectivity index (χ4n) is 3.19. The van der Waals surface area contributed by atoms with Gasteiger partial charge in [-0.3, -0.25) is 4.79 Å². The Hall–Kier alpha value is -2.20. The van der Waals surface area contributed by atoms with Gasteiger partial charge in [-0.15, -0.1) is 12.3 Å². The van der Waals surface area contributed by atoms with E-state index in [1.165, 1.54) is 0 Å².